The van der Waals surface area contributed by atoms with E-state index in [4.69, 9.17) is 0 Å². The molecular weight excluding hydrogens is 252 g/mol. The van der Waals surface area contributed by atoms with Crippen molar-refractivity contribution in [2.75, 3.05) is 5.43 Å². The third kappa shape index (κ3) is 2.34. The van der Waals surface area contributed by atoms with Crippen molar-refractivity contribution in [3.05, 3.63) is 58.3 Å². The second-order valence-corrected chi connectivity index (χ2v) is 4.86. The van der Waals surface area contributed by atoms with Crippen molar-refractivity contribution in [1.82, 2.24) is 9.55 Å². The second-order valence-electron chi connectivity index (χ2n) is 4.86. The average Bonchev–Trinajstić information content (AvgIpc) is 2.50. The molecule has 0 amide bonds. The normalized spacial score (nSPS) is 15.9. The zero-order valence-electron chi connectivity index (χ0n) is 11.3. The fourth-order valence-corrected chi connectivity index (χ4v) is 2.30. The minimum absolute atomic E-state index is 0.0297. The van der Waals surface area contributed by atoms with Crippen LogP contribution in [0.15, 0.2) is 46.4 Å². The van der Waals surface area contributed by atoms with Crippen molar-refractivity contribution in [1.29, 1.82) is 0 Å². The summed E-state index contributed by atoms with van der Waals surface area (Å²) in [7, 11) is 0. The summed E-state index contributed by atoms with van der Waals surface area (Å²) in [5.41, 5.74) is 5.48. The maximum atomic E-state index is 12.1. The molecule has 1 aromatic carbocycles. The summed E-state index contributed by atoms with van der Waals surface area (Å²) < 4.78 is 1.71. The molecule has 1 N–H and O–H groups in total. The van der Waals surface area contributed by atoms with Gasteiger partial charge in [0, 0.05) is 18.3 Å². The van der Waals surface area contributed by atoms with E-state index in [1.165, 1.54) is 0 Å². The van der Waals surface area contributed by atoms with Gasteiger partial charge in [-0.05, 0) is 31.9 Å². The molecule has 0 saturated carbocycles. The predicted octanol–water partition coefficient (Wildman–Crippen LogP) is 2.16. The van der Waals surface area contributed by atoms with Gasteiger partial charge in [-0.3, -0.25) is 14.8 Å². The molecule has 0 aliphatic carbocycles. The molecule has 0 spiro atoms. The molecule has 5 nitrogen and oxygen atoms in total. The Morgan fingerprint density at radius 2 is 2.10 bits per heavy atom. The number of hydrogen-bond acceptors (Lipinski definition) is 4. The van der Waals surface area contributed by atoms with Crippen molar-refractivity contribution < 1.29 is 0 Å². The first kappa shape index (κ1) is 12.6. The van der Waals surface area contributed by atoms with E-state index in [1.807, 2.05) is 30.3 Å². The van der Waals surface area contributed by atoms with E-state index in [0.717, 1.165) is 24.2 Å². The lowest BCUT2D eigenvalue weighted by Crippen LogP contribution is -2.33. The number of anilines is 1. The lowest BCUT2D eigenvalue weighted by molar-refractivity contribution is 0.587. The Kier molecular flexibility index (Phi) is 3.33. The molecule has 2 aromatic rings. The van der Waals surface area contributed by atoms with Crippen LogP contribution in [0.25, 0.3) is 0 Å². The standard InChI is InChI=1S/C15H16N4O/c1-11-10-16-14-13(8-5-9-19(14)15(11)20)18-17-12-6-3-2-4-7-12/h2-4,6-7,10,17H,5,8-9H2,1H3/b18-13-. The van der Waals surface area contributed by atoms with Crippen LogP contribution in [0, 0.1) is 6.92 Å². The summed E-state index contributed by atoms with van der Waals surface area (Å²) in [6.45, 7) is 2.50. The Hall–Kier alpha value is -2.43. The number of benzene rings is 1. The van der Waals surface area contributed by atoms with Gasteiger partial charge in [-0.1, -0.05) is 18.2 Å². The Labute approximate surface area is 117 Å². The van der Waals surface area contributed by atoms with Gasteiger partial charge in [0.05, 0.1) is 5.69 Å². The van der Waals surface area contributed by atoms with Gasteiger partial charge in [-0.2, -0.15) is 5.10 Å². The van der Waals surface area contributed by atoms with E-state index in [2.05, 4.69) is 15.5 Å². The van der Waals surface area contributed by atoms with E-state index >= 15 is 0 Å². The number of nitrogens with one attached hydrogen (secondary N) is 1. The summed E-state index contributed by atoms with van der Waals surface area (Å²) in [5.74, 6) is 0.676. The molecule has 5 heteroatoms. The molecule has 20 heavy (non-hydrogen) atoms. The zero-order chi connectivity index (χ0) is 13.9. The lowest BCUT2D eigenvalue weighted by Gasteiger charge is -2.19. The number of hydrogen-bond donors (Lipinski definition) is 1. The monoisotopic (exact) mass is 268 g/mol. The Bertz CT molecular complexity index is 704. The molecule has 0 atom stereocenters. The van der Waals surface area contributed by atoms with Gasteiger partial charge in [0.1, 0.15) is 5.71 Å². The highest BCUT2D eigenvalue weighted by molar-refractivity contribution is 5.98. The van der Waals surface area contributed by atoms with Crippen molar-refractivity contribution in [3.63, 3.8) is 0 Å². The molecule has 0 saturated heterocycles. The van der Waals surface area contributed by atoms with Crippen molar-refractivity contribution >= 4 is 11.4 Å². The van der Waals surface area contributed by atoms with Crippen molar-refractivity contribution in [2.45, 2.75) is 26.3 Å². The number of rotatable bonds is 2. The first-order valence-corrected chi connectivity index (χ1v) is 6.70. The van der Waals surface area contributed by atoms with Crippen molar-refractivity contribution in [3.8, 4) is 0 Å². The van der Waals surface area contributed by atoms with Gasteiger partial charge in [0.25, 0.3) is 5.56 Å². The first-order valence-electron chi connectivity index (χ1n) is 6.70. The number of nitrogens with zero attached hydrogens (tertiary/aromatic N) is 3. The van der Waals surface area contributed by atoms with Crippen LogP contribution in [0.5, 0.6) is 0 Å². The van der Waals surface area contributed by atoms with Crippen LogP contribution in [0.4, 0.5) is 5.69 Å². The fraction of sp³-hybridized carbons (Fsp3) is 0.267. The van der Waals surface area contributed by atoms with E-state index in [9.17, 15) is 4.79 Å². The minimum atomic E-state index is 0.0297. The fourth-order valence-electron chi connectivity index (χ4n) is 2.30. The van der Waals surface area contributed by atoms with Crippen LogP contribution in [-0.4, -0.2) is 15.3 Å². The molecule has 0 bridgehead atoms. The molecule has 102 valence electrons. The highest BCUT2D eigenvalue weighted by Gasteiger charge is 2.18. The number of fused-ring (bicyclic) bond motifs is 1. The quantitative estimate of drug-likeness (QED) is 0.849. The lowest BCUT2D eigenvalue weighted by atomic mass is 10.1. The van der Waals surface area contributed by atoms with Crippen LogP contribution in [0.1, 0.15) is 24.2 Å². The third-order valence-corrected chi connectivity index (χ3v) is 3.37. The summed E-state index contributed by atoms with van der Waals surface area (Å²) in [5, 5.41) is 4.41. The molecule has 1 aliphatic rings. The van der Waals surface area contributed by atoms with E-state index in [1.54, 1.807) is 17.7 Å². The number of hydrazone groups is 1. The molecule has 1 aliphatic heterocycles. The van der Waals surface area contributed by atoms with E-state index in [0.29, 0.717) is 17.9 Å². The van der Waals surface area contributed by atoms with Crippen molar-refractivity contribution in [2.24, 2.45) is 5.10 Å². The number of aromatic nitrogens is 2. The number of aryl methyl sites for hydroxylation is 1. The van der Waals surface area contributed by atoms with Gasteiger partial charge in [-0.15, -0.1) is 0 Å². The smallest absolute Gasteiger partial charge is 0.256 e. The van der Waals surface area contributed by atoms with Gasteiger partial charge in [0.2, 0.25) is 0 Å². The van der Waals surface area contributed by atoms with Crippen LogP contribution < -0.4 is 11.0 Å². The van der Waals surface area contributed by atoms with Crippen LogP contribution in [-0.2, 0) is 6.54 Å². The Morgan fingerprint density at radius 3 is 2.90 bits per heavy atom. The molecule has 2 heterocycles. The van der Waals surface area contributed by atoms with E-state index in [-0.39, 0.29) is 5.56 Å². The Morgan fingerprint density at radius 1 is 1.30 bits per heavy atom. The molecule has 3 rings (SSSR count). The summed E-state index contributed by atoms with van der Waals surface area (Å²) in [6.07, 6.45) is 3.36. The minimum Gasteiger partial charge on any atom is -0.291 e. The summed E-state index contributed by atoms with van der Waals surface area (Å²) >= 11 is 0. The topological polar surface area (TPSA) is 59.3 Å². The average molecular weight is 268 g/mol. The first-order chi connectivity index (χ1) is 9.75. The van der Waals surface area contributed by atoms with Crippen LogP contribution in [0.3, 0.4) is 0 Å². The van der Waals surface area contributed by atoms with Gasteiger partial charge in [0.15, 0.2) is 5.82 Å². The van der Waals surface area contributed by atoms with Crippen LogP contribution in [0.2, 0.25) is 0 Å². The summed E-state index contributed by atoms with van der Waals surface area (Å²) in [6, 6.07) is 9.75. The highest BCUT2D eigenvalue weighted by atomic mass is 16.1. The zero-order valence-corrected chi connectivity index (χ0v) is 11.3. The molecule has 0 fully saturated rings. The Balaban J connectivity index is 1.94. The molecule has 0 unspecified atom stereocenters. The van der Waals surface area contributed by atoms with Gasteiger partial charge < -0.3 is 0 Å². The van der Waals surface area contributed by atoms with Gasteiger partial charge >= 0.3 is 0 Å². The van der Waals surface area contributed by atoms with E-state index < -0.39 is 0 Å². The maximum Gasteiger partial charge on any atom is 0.256 e. The predicted molar refractivity (Wildman–Crippen MR) is 79.1 cm³/mol. The largest absolute Gasteiger partial charge is 0.291 e. The second kappa shape index (κ2) is 5.28. The molecular formula is C15H16N4O. The highest BCUT2D eigenvalue weighted by Crippen LogP contribution is 2.13. The third-order valence-electron chi connectivity index (χ3n) is 3.37. The summed E-state index contributed by atoms with van der Waals surface area (Å²) in [4.78, 5) is 16.4. The van der Waals surface area contributed by atoms with Crippen LogP contribution >= 0.6 is 0 Å². The van der Waals surface area contributed by atoms with Gasteiger partial charge in [-0.25, -0.2) is 4.98 Å². The molecule has 1 aromatic heterocycles. The number of para-hydroxylation sites is 1. The SMILES string of the molecule is Cc1cnc2n(c1=O)CCC/C2=N/Nc1ccccc1. The molecule has 0 radical (unpaired) electrons. The maximum absolute atomic E-state index is 12.1.